The first-order valence-corrected chi connectivity index (χ1v) is 8.18. The summed E-state index contributed by atoms with van der Waals surface area (Å²) in [7, 11) is 0. The zero-order valence-corrected chi connectivity index (χ0v) is 13.4. The molecule has 1 N–H and O–H groups in total. The molecule has 0 aliphatic rings. The van der Waals surface area contributed by atoms with Crippen LogP contribution in [-0.4, -0.2) is 15.8 Å². The van der Waals surface area contributed by atoms with Crippen LogP contribution in [0.25, 0.3) is 32.6 Å². The number of carbonyl (C=O) groups is 1. The van der Waals surface area contributed by atoms with Crippen molar-refractivity contribution in [2.75, 3.05) is 0 Å². The highest BCUT2D eigenvalue weighted by Gasteiger charge is 2.12. The van der Waals surface area contributed by atoms with Gasteiger partial charge in [-0.3, -0.25) is 4.79 Å². The van der Waals surface area contributed by atoms with Gasteiger partial charge in [-0.2, -0.15) is 0 Å². The Morgan fingerprint density at radius 1 is 1.09 bits per heavy atom. The van der Waals surface area contributed by atoms with Gasteiger partial charge in [0.25, 0.3) is 0 Å². The zero-order valence-electron chi connectivity index (χ0n) is 12.5. The highest BCUT2D eigenvalue weighted by Crippen LogP contribution is 2.35. The van der Waals surface area contributed by atoms with E-state index in [9.17, 15) is 4.79 Å². The highest BCUT2D eigenvalue weighted by molar-refractivity contribution is 7.17. The SMILES string of the molecule is CC(=O)c1ccc(-c2c[nH]c3ncc(-c4ccccc4)cc23)s1. The summed E-state index contributed by atoms with van der Waals surface area (Å²) >= 11 is 1.52. The fourth-order valence-corrected chi connectivity index (χ4v) is 3.60. The maximum atomic E-state index is 11.5. The minimum Gasteiger partial charge on any atom is -0.345 e. The first kappa shape index (κ1) is 13.9. The van der Waals surface area contributed by atoms with Crippen molar-refractivity contribution in [1.82, 2.24) is 9.97 Å². The first-order chi connectivity index (χ1) is 11.2. The summed E-state index contributed by atoms with van der Waals surface area (Å²) in [6, 6.07) is 16.2. The standard InChI is InChI=1S/C19H14N2OS/c1-12(22)17-7-8-18(23-17)16-11-21-19-15(16)9-14(10-20-19)13-5-3-2-4-6-13/h2-11H,1H3,(H,20,21). The van der Waals surface area contributed by atoms with Crippen molar-refractivity contribution < 1.29 is 4.79 Å². The lowest BCUT2D eigenvalue weighted by molar-refractivity contribution is 0.102. The predicted molar refractivity (Wildman–Crippen MR) is 94.8 cm³/mol. The van der Waals surface area contributed by atoms with Crippen LogP contribution in [-0.2, 0) is 0 Å². The van der Waals surface area contributed by atoms with Crippen LogP contribution >= 0.6 is 11.3 Å². The number of benzene rings is 1. The maximum absolute atomic E-state index is 11.5. The number of Topliss-reactive ketones (excluding diaryl/α,β-unsaturated/α-hetero) is 1. The van der Waals surface area contributed by atoms with E-state index in [0.29, 0.717) is 0 Å². The van der Waals surface area contributed by atoms with Crippen LogP contribution in [0.5, 0.6) is 0 Å². The summed E-state index contributed by atoms with van der Waals surface area (Å²) < 4.78 is 0. The van der Waals surface area contributed by atoms with Gasteiger partial charge in [0.2, 0.25) is 0 Å². The van der Waals surface area contributed by atoms with E-state index in [1.807, 2.05) is 42.7 Å². The van der Waals surface area contributed by atoms with E-state index in [1.165, 1.54) is 11.3 Å². The molecule has 0 unspecified atom stereocenters. The number of fused-ring (bicyclic) bond motifs is 1. The molecule has 0 spiro atoms. The van der Waals surface area contributed by atoms with Gasteiger partial charge in [-0.15, -0.1) is 11.3 Å². The number of rotatable bonds is 3. The van der Waals surface area contributed by atoms with Crippen LogP contribution in [0.2, 0.25) is 0 Å². The number of hydrogen-bond donors (Lipinski definition) is 1. The molecule has 1 aromatic carbocycles. The largest absolute Gasteiger partial charge is 0.345 e. The lowest BCUT2D eigenvalue weighted by Gasteiger charge is -2.02. The van der Waals surface area contributed by atoms with E-state index in [1.54, 1.807) is 6.92 Å². The highest BCUT2D eigenvalue weighted by atomic mass is 32.1. The summed E-state index contributed by atoms with van der Waals surface area (Å²) in [5.74, 6) is 0.101. The number of thiophene rings is 1. The van der Waals surface area contributed by atoms with Crippen LogP contribution in [0.1, 0.15) is 16.6 Å². The van der Waals surface area contributed by atoms with Crippen LogP contribution in [0.15, 0.2) is 60.9 Å². The molecule has 4 rings (SSSR count). The molecular formula is C19H14N2OS. The van der Waals surface area contributed by atoms with Crippen molar-refractivity contribution in [3.05, 3.63) is 65.8 Å². The monoisotopic (exact) mass is 318 g/mol. The van der Waals surface area contributed by atoms with Crippen LogP contribution in [0.3, 0.4) is 0 Å². The van der Waals surface area contributed by atoms with Gasteiger partial charge in [0, 0.05) is 33.8 Å². The second-order valence-electron chi connectivity index (χ2n) is 5.41. The molecule has 4 aromatic rings. The number of hydrogen-bond acceptors (Lipinski definition) is 3. The predicted octanol–water partition coefficient (Wildman–Crippen LogP) is 5.16. The number of aromatic nitrogens is 2. The van der Waals surface area contributed by atoms with Gasteiger partial charge >= 0.3 is 0 Å². The Hall–Kier alpha value is -2.72. The Bertz CT molecular complexity index is 999. The van der Waals surface area contributed by atoms with Crippen molar-refractivity contribution >= 4 is 28.2 Å². The molecule has 0 bridgehead atoms. The zero-order chi connectivity index (χ0) is 15.8. The number of aromatic amines is 1. The van der Waals surface area contributed by atoms with Crippen molar-refractivity contribution in [2.45, 2.75) is 6.92 Å². The normalized spacial score (nSPS) is 11.0. The average molecular weight is 318 g/mol. The molecule has 3 heterocycles. The molecule has 0 aliphatic heterocycles. The third-order valence-corrected chi connectivity index (χ3v) is 5.08. The number of nitrogens with zero attached hydrogens (tertiary/aromatic N) is 1. The van der Waals surface area contributed by atoms with Gasteiger partial charge in [-0.1, -0.05) is 30.3 Å². The summed E-state index contributed by atoms with van der Waals surface area (Å²) in [4.78, 5) is 21.1. The summed E-state index contributed by atoms with van der Waals surface area (Å²) in [6.45, 7) is 1.60. The lowest BCUT2D eigenvalue weighted by atomic mass is 10.1. The Labute approximate surface area is 137 Å². The Morgan fingerprint density at radius 3 is 2.65 bits per heavy atom. The van der Waals surface area contributed by atoms with E-state index >= 15 is 0 Å². The van der Waals surface area contributed by atoms with Crippen molar-refractivity contribution in [3.8, 4) is 21.6 Å². The molecule has 0 radical (unpaired) electrons. The molecule has 112 valence electrons. The minimum atomic E-state index is 0.101. The number of nitrogens with one attached hydrogen (secondary N) is 1. The van der Waals surface area contributed by atoms with E-state index in [-0.39, 0.29) is 5.78 Å². The minimum absolute atomic E-state index is 0.101. The van der Waals surface area contributed by atoms with Crippen LogP contribution < -0.4 is 0 Å². The molecule has 3 aromatic heterocycles. The lowest BCUT2D eigenvalue weighted by Crippen LogP contribution is -1.83. The summed E-state index contributed by atoms with van der Waals surface area (Å²) in [6.07, 6.45) is 3.84. The number of H-pyrrole nitrogens is 1. The smallest absolute Gasteiger partial charge is 0.169 e. The van der Waals surface area contributed by atoms with Gasteiger partial charge in [0.05, 0.1) is 4.88 Å². The molecule has 23 heavy (non-hydrogen) atoms. The Morgan fingerprint density at radius 2 is 1.91 bits per heavy atom. The topological polar surface area (TPSA) is 45.8 Å². The quantitative estimate of drug-likeness (QED) is 0.530. The molecular weight excluding hydrogens is 304 g/mol. The van der Waals surface area contributed by atoms with Gasteiger partial charge in [-0.25, -0.2) is 4.98 Å². The summed E-state index contributed by atoms with van der Waals surface area (Å²) in [5.41, 5.74) is 4.17. The molecule has 0 atom stereocenters. The first-order valence-electron chi connectivity index (χ1n) is 7.36. The third kappa shape index (κ3) is 2.47. The number of carbonyl (C=O) groups excluding carboxylic acids is 1. The number of pyridine rings is 1. The molecule has 0 fully saturated rings. The molecule has 0 amide bonds. The Balaban J connectivity index is 1.86. The van der Waals surface area contributed by atoms with Gasteiger partial charge in [-0.05, 0) is 30.7 Å². The number of ketones is 1. The summed E-state index contributed by atoms with van der Waals surface area (Å²) in [5, 5.41) is 1.07. The van der Waals surface area contributed by atoms with Crippen molar-refractivity contribution in [1.29, 1.82) is 0 Å². The van der Waals surface area contributed by atoms with Gasteiger partial charge in [0.1, 0.15) is 5.65 Å². The van der Waals surface area contributed by atoms with Gasteiger partial charge in [0.15, 0.2) is 5.78 Å². The van der Waals surface area contributed by atoms with Crippen LogP contribution in [0.4, 0.5) is 0 Å². The molecule has 4 heteroatoms. The van der Waals surface area contributed by atoms with Crippen LogP contribution in [0, 0.1) is 0 Å². The second kappa shape index (κ2) is 5.48. The van der Waals surface area contributed by atoms with Gasteiger partial charge < -0.3 is 4.98 Å². The fourth-order valence-electron chi connectivity index (χ4n) is 2.67. The van der Waals surface area contributed by atoms with E-state index in [0.717, 1.165) is 37.5 Å². The molecule has 3 nitrogen and oxygen atoms in total. The molecule has 0 saturated heterocycles. The fraction of sp³-hybridized carbons (Fsp3) is 0.0526. The second-order valence-corrected chi connectivity index (χ2v) is 6.49. The molecule has 0 aliphatic carbocycles. The third-order valence-electron chi connectivity index (χ3n) is 3.86. The van der Waals surface area contributed by atoms with E-state index < -0.39 is 0 Å². The maximum Gasteiger partial charge on any atom is 0.169 e. The Kier molecular flexibility index (Phi) is 3.32. The van der Waals surface area contributed by atoms with Crippen molar-refractivity contribution in [3.63, 3.8) is 0 Å². The van der Waals surface area contributed by atoms with E-state index in [2.05, 4.69) is 28.2 Å². The molecule has 0 saturated carbocycles. The van der Waals surface area contributed by atoms with Crippen molar-refractivity contribution in [2.24, 2.45) is 0 Å². The average Bonchev–Trinajstić information content (AvgIpc) is 3.21. The van der Waals surface area contributed by atoms with E-state index in [4.69, 9.17) is 0 Å².